The molecule has 0 aromatic heterocycles. The smallest absolute Gasteiger partial charge is 0.412 e. The number of fused-ring (bicyclic) bond motifs is 1. The number of hydrogen-bond acceptors (Lipinski definition) is 8. The number of nitrogens with one attached hydrogen (secondary N) is 1. The van der Waals surface area contributed by atoms with Crippen molar-refractivity contribution in [1.29, 1.82) is 0 Å². The third-order valence-electron chi connectivity index (χ3n) is 4.96. The molecular formula is C22H24INO7S. The van der Waals surface area contributed by atoms with Crippen LogP contribution in [0.4, 0.5) is 10.5 Å². The molecule has 1 aliphatic heterocycles. The second-order valence-electron chi connectivity index (χ2n) is 7.80. The lowest BCUT2D eigenvalue weighted by molar-refractivity contribution is -0.141. The van der Waals surface area contributed by atoms with Gasteiger partial charge in [-0.3, -0.25) is 10.1 Å². The van der Waals surface area contributed by atoms with Gasteiger partial charge in [-0.2, -0.15) is 12.6 Å². The van der Waals surface area contributed by atoms with Gasteiger partial charge in [0.1, 0.15) is 11.9 Å². The summed E-state index contributed by atoms with van der Waals surface area (Å²) >= 11 is 6.02. The molecule has 0 spiro atoms. The minimum Gasteiger partial charge on any atom is -0.508 e. The molecule has 10 heteroatoms. The van der Waals surface area contributed by atoms with Crippen LogP contribution >= 0.6 is 35.2 Å². The van der Waals surface area contributed by atoms with Crippen LogP contribution < -0.4 is 14.8 Å². The van der Waals surface area contributed by atoms with Crippen LogP contribution in [0.15, 0.2) is 36.4 Å². The van der Waals surface area contributed by atoms with Crippen LogP contribution in [0.25, 0.3) is 0 Å². The summed E-state index contributed by atoms with van der Waals surface area (Å²) in [6.07, 6.45) is -1.13. The highest BCUT2D eigenvalue weighted by Crippen LogP contribution is 2.43. The van der Waals surface area contributed by atoms with Crippen molar-refractivity contribution < 1.29 is 33.6 Å². The van der Waals surface area contributed by atoms with Gasteiger partial charge in [-0.05, 0) is 59.3 Å². The molecule has 8 nitrogen and oxygen atoms in total. The first-order valence-corrected chi connectivity index (χ1v) is 11.5. The zero-order chi connectivity index (χ0) is 23.3. The molecule has 172 valence electrons. The van der Waals surface area contributed by atoms with Gasteiger partial charge in [-0.25, -0.2) is 4.79 Å². The molecule has 0 saturated carbocycles. The van der Waals surface area contributed by atoms with E-state index >= 15 is 0 Å². The number of phenolic OH excluding ortho intramolecular Hbond substituents is 1. The van der Waals surface area contributed by atoms with Crippen molar-refractivity contribution in [2.75, 3.05) is 24.5 Å². The Kier molecular flexibility index (Phi) is 7.99. The molecule has 3 rings (SSSR count). The van der Waals surface area contributed by atoms with Gasteiger partial charge >= 0.3 is 12.1 Å². The standard InChI is InChI=1S/C22H24INO7S/c1-22(2,7-8-28-19(26)11-32)20(15-9-13(23)3-5-16(15)25)31-21(27)24-14-4-6-17-18(10-14)30-12-29-17/h3-6,9-10,20,25,32H,7-8,11-12H2,1-2H3,(H,24,27)/t20-/m1/s1. The van der Waals surface area contributed by atoms with Crippen LogP contribution in [-0.2, 0) is 14.3 Å². The van der Waals surface area contributed by atoms with E-state index in [1.54, 1.807) is 36.4 Å². The van der Waals surface area contributed by atoms with Gasteiger partial charge in [-0.15, -0.1) is 0 Å². The average molecular weight is 573 g/mol. The molecule has 0 aliphatic carbocycles. The van der Waals surface area contributed by atoms with Crippen molar-refractivity contribution in [2.45, 2.75) is 26.4 Å². The summed E-state index contributed by atoms with van der Waals surface area (Å²) in [5, 5.41) is 13.2. The van der Waals surface area contributed by atoms with Gasteiger partial charge in [0.05, 0.1) is 12.4 Å². The molecule has 1 aliphatic rings. The molecular weight excluding hydrogens is 549 g/mol. The Morgan fingerprint density at radius 2 is 1.97 bits per heavy atom. The molecule has 0 saturated heterocycles. The third-order valence-corrected chi connectivity index (χ3v) is 5.89. The summed E-state index contributed by atoms with van der Waals surface area (Å²) in [5.74, 6) is 0.685. The Labute approximate surface area is 205 Å². The number of halogens is 1. The largest absolute Gasteiger partial charge is 0.508 e. The van der Waals surface area contributed by atoms with Crippen molar-refractivity contribution in [3.05, 3.63) is 45.5 Å². The van der Waals surface area contributed by atoms with Crippen molar-refractivity contribution >= 4 is 53.0 Å². The summed E-state index contributed by atoms with van der Waals surface area (Å²) in [5.41, 5.74) is 0.263. The zero-order valence-electron chi connectivity index (χ0n) is 17.6. The topological polar surface area (TPSA) is 103 Å². The number of amides is 1. The highest BCUT2D eigenvalue weighted by molar-refractivity contribution is 14.1. The van der Waals surface area contributed by atoms with Crippen LogP contribution in [-0.4, -0.2) is 36.3 Å². The second kappa shape index (κ2) is 10.5. The number of esters is 1. The van der Waals surface area contributed by atoms with Crippen molar-refractivity contribution in [3.8, 4) is 17.2 Å². The van der Waals surface area contributed by atoms with E-state index < -0.39 is 23.6 Å². The number of anilines is 1. The van der Waals surface area contributed by atoms with Gasteiger partial charge in [-0.1, -0.05) is 13.8 Å². The van der Waals surface area contributed by atoms with Crippen LogP contribution in [0.3, 0.4) is 0 Å². The van der Waals surface area contributed by atoms with Crippen LogP contribution in [0, 0.1) is 8.99 Å². The lowest BCUT2D eigenvalue weighted by atomic mass is 9.79. The fourth-order valence-electron chi connectivity index (χ4n) is 3.21. The van der Waals surface area contributed by atoms with Gasteiger partial charge in [0.15, 0.2) is 11.5 Å². The van der Waals surface area contributed by atoms with Gasteiger partial charge in [0, 0.05) is 26.3 Å². The summed E-state index contributed by atoms with van der Waals surface area (Å²) in [6.45, 7) is 4.00. The number of aromatic hydroxyl groups is 1. The molecule has 0 bridgehead atoms. The number of ether oxygens (including phenoxy) is 4. The molecule has 2 aromatic rings. The number of benzene rings is 2. The molecule has 0 fully saturated rings. The molecule has 1 amide bonds. The van der Waals surface area contributed by atoms with E-state index in [1.807, 2.05) is 13.8 Å². The van der Waals surface area contributed by atoms with Crippen LogP contribution in [0.5, 0.6) is 17.2 Å². The van der Waals surface area contributed by atoms with Crippen LogP contribution in [0.1, 0.15) is 31.9 Å². The lowest BCUT2D eigenvalue weighted by Gasteiger charge is -2.34. The summed E-state index contributed by atoms with van der Waals surface area (Å²) in [4.78, 5) is 24.2. The Bertz CT molecular complexity index is 998. The first-order valence-electron chi connectivity index (χ1n) is 9.82. The van der Waals surface area contributed by atoms with E-state index in [4.69, 9.17) is 18.9 Å². The van der Waals surface area contributed by atoms with E-state index in [9.17, 15) is 14.7 Å². The van der Waals surface area contributed by atoms with E-state index in [0.717, 1.165) is 3.57 Å². The monoisotopic (exact) mass is 573 g/mol. The fraction of sp³-hybridized carbons (Fsp3) is 0.364. The molecule has 0 unspecified atom stereocenters. The molecule has 2 aromatic carbocycles. The Balaban J connectivity index is 1.79. The zero-order valence-corrected chi connectivity index (χ0v) is 20.6. The first kappa shape index (κ1) is 24.3. The number of rotatable bonds is 8. The minimum absolute atomic E-state index is 0.00623. The molecule has 1 atom stereocenters. The number of carbonyl (C=O) groups excluding carboxylic acids is 2. The Morgan fingerprint density at radius 3 is 2.72 bits per heavy atom. The maximum Gasteiger partial charge on any atom is 0.412 e. The van der Waals surface area contributed by atoms with Gasteiger partial charge < -0.3 is 24.1 Å². The predicted molar refractivity (Wildman–Crippen MR) is 129 cm³/mol. The SMILES string of the molecule is CC(C)(CCOC(=O)CS)[C@H](OC(=O)Nc1ccc2c(c1)OCO2)c1cc(I)ccc1O. The van der Waals surface area contributed by atoms with Gasteiger partial charge in [0.25, 0.3) is 0 Å². The Hall–Kier alpha value is -2.34. The minimum atomic E-state index is -0.819. The lowest BCUT2D eigenvalue weighted by Crippen LogP contribution is -2.30. The Morgan fingerprint density at radius 1 is 1.22 bits per heavy atom. The van der Waals surface area contributed by atoms with Crippen molar-refractivity contribution in [3.63, 3.8) is 0 Å². The van der Waals surface area contributed by atoms with E-state index in [-0.39, 0.29) is 24.9 Å². The maximum absolute atomic E-state index is 12.8. The summed E-state index contributed by atoms with van der Waals surface area (Å²) < 4.78 is 22.4. The van der Waals surface area contributed by atoms with E-state index in [2.05, 4.69) is 40.5 Å². The maximum atomic E-state index is 12.8. The fourth-order valence-corrected chi connectivity index (χ4v) is 3.82. The van der Waals surface area contributed by atoms with Crippen LogP contribution in [0.2, 0.25) is 0 Å². The number of hydrogen-bond donors (Lipinski definition) is 3. The highest BCUT2D eigenvalue weighted by Gasteiger charge is 2.36. The van der Waals surface area contributed by atoms with Gasteiger partial charge in [0.2, 0.25) is 6.79 Å². The normalized spacial score (nSPS) is 13.4. The molecule has 0 radical (unpaired) electrons. The molecule has 2 N–H and O–H groups in total. The molecule has 1 heterocycles. The van der Waals surface area contributed by atoms with E-state index in [0.29, 0.717) is 29.2 Å². The number of carbonyl (C=O) groups is 2. The molecule has 32 heavy (non-hydrogen) atoms. The number of thiol groups is 1. The average Bonchev–Trinajstić information content (AvgIpc) is 3.21. The van der Waals surface area contributed by atoms with E-state index in [1.165, 1.54) is 0 Å². The summed E-state index contributed by atoms with van der Waals surface area (Å²) in [7, 11) is 0. The van der Waals surface area contributed by atoms with Crippen molar-refractivity contribution in [1.82, 2.24) is 0 Å². The highest BCUT2D eigenvalue weighted by atomic mass is 127. The quantitative estimate of drug-likeness (QED) is 0.235. The summed E-state index contributed by atoms with van der Waals surface area (Å²) in [6, 6.07) is 10.1. The second-order valence-corrected chi connectivity index (χ2v) is 9.36. The predicted octanol–water partition coefficient (Wildman–Crippen LogP) is 4.90. The number of phenols is 1. The van der Waals surface area contributed by atoms with Crippen molar-refractivity contribution in [2.24, 2.45) is 5.41 Å². The first-order chi connectivity index (χ1) is 15.2. The third kappa shape index (κ3) is 6.12.